The van der Waals surface area contributed by atoms with Gasteiger partial charge in [-0.15, -0.1) is 0 Å². The Morgan fingerprint density at radius 3 is 2.63 bits per heavy atom. The average Bonchev–Trinajstić information content (AvgIpc) is 2.35. The number of benzene rings is 1. The van der Waals surface area contributed by atoms with E-state index < -0.39 is 11.7 Å². The van der Waals surface area contributed by atoms with E-state index in [4.69, 9.17) is 10.8 Å². The Kier molecular flexibility index (Phi) is 5.92. The van der Waals surface area contributed by atoms with Gasteiger partial charge in [-0.2, -0.15) is 0 Å². The molecule has 1 aromatic carbocycles. The normalized spacial score (nSPS) is 11.3. The van der Waals surface area contributed by atoms with Crippen molar-refractivity contribution >= 4 is 5.91 Å². The van der Waals surface area contributed by atoms with Gasteiger partial charge in [-0.05, 0) is 32.4 Å². The number of nitrogens with zero attached hydrogens (tertiary/aromatic N) is 1. The predicted molar refractivity (Wildman–Crippen MR) is 72.2 cm³/mol. The second kappa shape index (κ2) is 7.21. The van der Waals surface area contributed by atoms with Crippen molar-refractivity contribution in [1.82, 2.24) is 4.90 Å². The van der Waals surface area contributed by atoms with Gasteiger partial charge in [0.1, 0.15) is 5.82 Å². The van der Waals surface area contributed by atoms with Gasteiger partial charge in [0.05, 0.1) is 0 Å². The molecule has 5 heteroatoms. The number of carbonyl (C=O) groups excluding carboxylic acids is 1. The van der Waals surface area contributed by atoms with Crippen molar-refractivity contribution in [3.63, 3.8) is 0 Å². The van der Waals surface area contributed by atoms with Crippen LogP contribution in [0.1, 0.15) is 36.2 Å². The Hall–Kier alpha value is -1.46. The molecule has 0 saturated carbocycles. The molecule has 0 aromatic heterocycles. The lowest BCUT2D eigenvalue weighted by Crippen LogP contribution is -2.32. The molecule has 19 heavy (non-hydrogen) atoms. The SMILES string of the molecule is CC(C)N(CCCO)Cc1ccc(C(N)=O)cc1F. The van der Waals surface area contributed by atoms with Gasteiger partial charge in [-0.1, -0.05) is 6.07 Å². The molecule has 0 aliphatic heterocycles. The summed E-state index contributed by atoms with van der Waals surface area (Å²) in [4.78, 5) is 13.0. The molecule has 0 radical (unpaired) electrons. The van der Waals surface area contributed by atoms with E-state index in [1.807, 2.05) is 13.8 Å². The summed E-state index contributed by atoms with van der Waals surface area (Å²) in [6.45, 7) is 5.31. The number of rotatable bonds is 7. The summed E-state index contributed by atoms with van der Waals surface area (Å²) in [5.74, 6) is -1.06. The van der Waals surface area contributed by atoms with Gasteiger partial charge in [0.15, 0.2) is 0 Å². The molecule has 0 atom stereocenters. The maximum absolute atomic E-state index is 13.9. The van der Waals surface area contributed by atoms with Crippen molar-refractivity contribution in [2.45, 2.75) is 32.9 Å². The van der Waals surface area contributed by atoms with Crippen LogP contribution in [0.15, 0.2) is 18.2 Å². The standard InChI is InChI=1S/C14H21FN2O2/c1-10(2)17(6-3-7-18)9-12-5-4-11(14(16)19)8-13(12)15/h4-5,8,10,18H,3,6-7,9H2,1-2H3,(H2,16,19). The fraction of sp³-hybridized carbons (Fsp3) is 0.500. The molecule has 0 aliphatic carbocycles. The minimum Gasteiger partial charge on any atom is -0.396 e. The van der Waals surface area contributed by atoms with Crippen LogP contribution in [0.3, 0.4) is 0 Å². The second-order valence-electron chi connectivity index (χ2n) is 4.81. The summed E-state index contributed by atoms with van der Waals surface area (Å²) in [5, 5.41) is 8.86. The van der Waals surface area contributed by atoms with E-state index in [2.05, 4.69) is 4.90 Å². The Morgan fingerprint density at radius 2 is 2.16 bits per heavy atom. The van der Waals surface area contributed by atoms with Gasteiger partial charge < -0.3 is 10.8 Å². The van der Waals surface area contributed by atoms with Crippen molar-refractivity contribution in [1.29, 1.82) is 0 Å². The zero-order valence-electron chi connectivity index (χ0n) is 11.4. The maximum Gasteiger partial charge on any atom is 0.248 e. The van der Waals surface area contributed by atoms with Crippen molar-refractivity contribution < 1.29 is 14.3 Å². The molecule has 4 nitrogen and oxygen atoms in total. The first kappa shape index (κ1) is 15.6. The lowest BCUT2D eigenvalue weighted by molar-refractivity contribution is 0.0999. The third kappa shape index (κ3) is 4.61. The fourth-order valence-electron chi connectivity index (χ4n) is 1.84. The molecule has 1 amide bonds. The van der Waals surface area contributed by atoms with Crippen LogP contribution in [0.25, 0.3) is 0 Å². The number of halogens is 1. The number of primary amides is 1. The summed E-state index contributed by atoms with van der Waals surface area (Å²) in [6.07, 6.45) is 0.652. The zero-order valence-corrected chi connectivity index (χ0v) is 11.4. The molecule has 0 saturated heterocycles. The predicted octanol–water partition coefficient (Wildman–Crippen LogP) is 1.52. The average molecular weight is 268 g/mol. The highest BCUT2D eigenvalue weighted by Crippen LogP contribution is 2.14. The van der Waals surface area contributed by atoms with E-state index in [0.29, 0.717) is 25.1 Å². The van der Waals surface area contributed by atoms with Crippen LogP contribution in [0.2, 0.25) is 0 Å². The van der Waals surface area contributed by atoms with Crippen molar-refractivity contribution in [3.05, 3.63) is 35.1 Å². The number of hydrogen-bond acceptors (Lipinski definition) is 3. The quantitative estimate of drug-likeness (QED) is 0.788. The molecule has 0 bridgehead atoms. The smallest absolute Gasteiger partial charge is 0.248 e. The number of aliphatic hydroxyl groups is 1. The topological polar surface area (TPSA) is 66.6 Å². The Bertz CT molecular complexity index is 435. The molecule has 1 rings (SSSR count). The molecule has 0 aliphatic rings. The Labute approximate surface area is 113 Å². The van der Waals surface area contributed by atoms with Crippen molar-refractivity contribution in [2.24, 2.45) is 5.73 Å². The van der Waals surface area contributed by atoms with Crippen LogP contribution in [-0.2, 0) is 6.54 Å². The minimum absolute atomic E-state index is 0.117. The van der Waals surface area contributed by atoms with Crippen LogP contribution in [0, 0.1) is 5.82 Å². The van der Waals surface area contributed by atoms with E-state index in [1.54, 1.807) is 6.07 Å². The molecular formula is C14H21FN2O2. The molecule has 106 valence electrons. The van der Waals surface area contributed by atoms with Gasteiger partial charge in [0.25, 0.3) is 0 Å². The van der Waals surface area contributed by atoms with Crippen LogP contribution < -0.4 is 5.73 Å². The van der Waals surface area contributed by atoms with Crippen molar-refractivity contribution in [2.75, 3.05) is 13.2 Å². The Balaban J connectivity index is 2.81. The first-order valence-corrected chi connectivity index (χ1v) is 6.38. The fourth-order valence-corrected chi connectivity index (χ4v) is 1.84. The molecule has 0 fully saturated rings. The minimum atomic E-state index is -0.633. The zero-order chi connectivity index (χ0) is 14.4. The van der Waals surface area contributed by atoms with Gasteiger partial charge in [-0.25, -0.2) is 4.39 Å². The molecule has 1 aromatic rings. The van der Waals surface area contributed by atoms with Gasteiger partial charge in [-0.3, -0.25) is 9.69 Å². The lowest BCUT2D eigenvalue weighted by Gasteiger charge is -2.26. The van der Waals surface area contributed by atoms with E-state index in [1.165, 1.54) is 12.1 Å². The van der Waals surface area contributed by atoms with Crippen LogP contribution in [0.5, 0.6) is 0 Å². The summed E-state index contributed by atoms with van der Waals surface area (Å²) in [5.41, 5.74) is 5.80. The van der Waals surface area contributed by atoms with Crippen molar-refractivity contribution in [3.8, 4) is 0 Å². The Morgan fingerprint density at radius 1 is 1.47 bits per heavy atom. The molecule has 3 N–H and O–H groups in total. The highest BCUT2D eigenvalue weighted by molar-refractivity contribution is 5.92. The molecule has 0 unspecified atom stereocenters. The van der Waals surface area contributed by atoms with E-state index in [-0.39, 0.29) is 18.2 Å². The number of hydrogen-bond donors (Lipinski definition) is 2. The number of aliphatic hydroxyl groups excluding tert-OH is 1. The number of nitrogens with two attached hydrogens (primary N) is 1. The summed E-state index contributed by atoms with van der Waals surface area (Å²) >= 11 is 0. The third-order valence-electron chi connectivity index (χ3n) is 3.04. The summed E-state index contributed by atoms with van der Waals surface area (Å²) in [6, 6.07) is 4.54. The summed E-state index contributed by atoms with van der Waals surface area (Å²) in [7, 11) is 0. The lowest BCUT2D eigenvalue weighted by atomic mass is 10.1. The van der Waals surface area contributed by atoms with Gasteiger partial charge >= 0.3 is 0 Å². The van der Waals surface area contributed by atoms with Crippen LogP contribution in [0.4, 0.5) is 4.39 Å². The first-order chi connectivity index (χ1) is 8.95. The first-order valence-electron chi connectivity index (χ1n) is 6.38. The highest BCUT2D eigenvalue weighted by atomic mass is 19.1. The molecule has 0 spiro atoms. The van der Waals surface area contributed by atoms with Gasteiger partial charge in [0.2, 0.25) is 5.91 Å². The van der Waals surface area contributed by atoms with Gasteiger partial charge in [0, 0.05) is 36.9 Å². The third-order valence-corrected chi connectivity index (χ3v) is 3.04. The monoisotopic (exact) mass is 268 g/mol. The largest absolute Gasteiger partial charge is 0.396 e. The van der Waals surface area contributed by atoms with Crippen LogP contribution >= 0.6 is 0 Å². The van der Waals surface area contributed by atoms with E-state index in [9.17, 15) is 9.18 Å². The maximum atomic E-state index is 13.9. The highest BCUT2D eigenvalue weighted by Gasteiger charge is 2.13. The van der Waals surface area contributed by atoms with Crippen LogP contribution in [-0.4, -0.2) is 35.1 Å². The van der Waals surface area contributed by atoms with E-state index >= 15 is 0 Å². The molecular weight excluding hydrogens is 247 g/mol. The number of amides is 1. The second-order valence-corrected chi connectivity index (χ2v) is 4.81. The summed E-state index contributed by atoms with van der Waals surface area (Å²) < 4.78 is 13.9. The van der Waals surface area contributed by atoms with E-state index in [0.717, 1.165) is 0 Å². The molecule has 0 heterocycles. The number of carbonyl (C=O) groups is 1.